The maximum absolute atomic E-state index is 12.1. The number of fused-ring (bicyclic) bond motifs is 2. The van der Waals surface area contributed by atoms with Gasteiger partial charge >= 0.3 is 7.12 Å². The Balaban J connectivity index is 1.61. The number of amidine groups is 1. The number of sulfonamides is 1. The van der Waals surface area contributed by atoms with Gasteiger partial charge in [-0.05, 0) is 34.8 Å². The van der Waals surface area contributed by atoms with Gasteiger partial charge in [-0.15, -0.1) is 4.40 Å². The summed E-state index contributed by atoms with van der Waals surface area (Å²) in [7, 11) is -2.90. The van der Waals surface area contributed by atoms with E-state index in [2.05, 4.69) is 9.50 Å². The summed E-state index contributed by atoms with van der Waals surface area (Å²) in [6.45, 7) is 0.354. The molecule has 0 atom stereocenters. The molecule has 0 spiro atoms. The zero-order valence-electron chi connectivity index (χ0n) is 13.3. The van der Waals surface area contributed by atoms with Crippen LogP contribution in [0.4, 0.5) is 0 Å². The van der Waals surface area contributed by atoms with Crippen LogP contribution in [0.3, 0.4) is 0 Å². The molecule has 126 valence electrons. The maximum atomic E-state index is 12.1. The molecule has 0 unspecified atom stereocenters. The molecular weight excluding hydrogens is 341 g/mol. The van der Waals surface area contributed by atoms with Crippen molar-refractivity contribution in [1.29, 1.82) is 0 Å². The second-order valence-electron chi connectivity index (χ2n) is 5.78. The molecule has 1 N–H and O–H groups in total. The first-order valence-corrected chi connectivity index (χ1v) is 9.04. The molecule has 0 aliphatic carbocycles. The summed E-state index contributed by atoms with van der Waals surface area (Å²) in [6.07, 6.45) is 1.61. The van der Waals surface area contributed by atoms with E-state index >= 15 is 0 Å². The van der Waals surface area contributed by atoms with Crippen LogP contribution in [0.15, 0.2) is 56.9 Å². The lowest BCUT2D eigenvalue weighted by Gasteiger charge is -2.12. The van der Waals surface area contributed by atoms with E-state index in [0.29, 0.717) is 12.2 Å². The predicted octanol–water partition coefficient (Wildman–Crippen LogP) is 0.319. The van der Waals surface area contributed by atoms with E-state index in [9.17, 15) is 13.4 Å². The molecule has 0 fully saturated rings. The summed E-state index contributed by atoms with van der Waals surface area (Å²) in [5.41, 5.74) is 3.02. The number of benzene rings is 2. The summed E-state index contributed by atoms with van der Waals surface area (Å²) in [5, 5.41) is 15.4. The average molecular weight is 355 g/mol. The van der Waals surface area contributed by atoms with Crippen LogP contribution < -0.4 is 5.46 Å². The number of hydrogen-bond donors (Lipinski definition) is 1. The molecule has 0 amide bonds. The highest BCUT2D eigenvalue weighted by Gasteiger charge is 2.30. The Hall–Kier alpha value is -2.49. The van der Waals surface area contributed by atoms with Gasteiger partial charge in [-0.2, -0.15) is 13.5 Å². The SMILES string of the molecule is CN(/N=C/c1ccc2c(c1)COB2O)C1=NS(=O)(=O)c2ccccc21. The van der Waals surface area contributed by atoms with Crippen molar-refractivity contribution in [2.45, 2.75) is 11.5 Å². The van der Waals surface area contributed by atoms with Gasteiger partial charge in [0, 0.05) is 12.6 Å². The maximum Gasteiger partial charge on any atom is 0.491 e. The molecule has 0 saturated heterocycles. The van der Waals surface area contributed by atoms with Crippen LogP contribution in [-0.2, 0) is 21.3 Å². The number of rotatable bonds is 2. The van der Waals surface area contributed by atoms with Crippen molar-refractivity contribution in [2.75, 3.05) is 7.05 Å². The van der Waals surface area contributed by atoms with E-state index in [4.69, 9.17) is 4.65 Å². The minimum atomic E-state index is -3.67. The van der Waals surface area contributed by atoms with Gasteiger partial charge in [0.1, 0.15) is 4.90 Å². The van der Waals surface area contributed by atoms with Crippen molar-refractivity contribution in [3.05, 3.63) is 59.2 Å². The first-order chi connectivity index (χ1) is 12.0. The van der Waals surface area contributed by atoms with Gasteiger partial charge in [-0.3, -0.25) is 0 Å². The van der Waals surface area contributed by atoms with E-state index in [-0.39, 0.29) is 10.7 Å². The van der Waals surface area contributed by atoms with Gasteiger partial charge in [0.05, 0.1) is 12.8 Å². The Labute approximate surface area is 145 Å². The minimum absolute atomic E-state index is 0.190. The summed E-state index contributed by atoms with van der Waals surface area (Å²) >= 11 is 0. The molecule has 0 bridgehead atoms. The van der Waals surface area contributed by atoms with Crippen LogP contribution in [-0.4, -0.2) is 44.7 Å². The molecule has 7 nitrogen and oxygen atoms in total. The third kappa shape index (κ3) is 2.76. The predicted molar refractivity (Wildman–Crippen MR) is 94.4 cm³/mol. The fourth-order valence-corrected chi connectivity index (χ4v) is 4.09. The standard InChI is InChI=1S/C16H14BN3O4S/c1-20(16-13-4-2-3-5-15(13)25(22,23)19-16)18-9-11-6-7-14-12(8-11)10-24-17(14)21/h2-9,21H,10H2,1H3/b18-9+. The molecule has 4 rings (SSSR count). The third-order valence-corrected chi connectivity index (χ3v) is 5.45. The molecule has 0 saturated carbocycles. The van der Waals surface area contributed by atoms with Gasteiger partial charge in [-0.25, -0.2) is 5.01 Å². The molecule has 25 heavy (non-hydrogen) atoms. The molecule has 9 heteroatoms. The Morgan fingerprint density at radius 1 is 1.32 bits per heavy atom. The number of hydrazone groups is 1. The first-order valence-electron chi connectivity index (χ1n) is 7.60. The molecule has 2 aromatic carbocycles. The molecule has 2 aromatic rings. The highest BCUT2D eigenvalue weighted by molar-refractivity contribution is 7.90. The lowest BCUT2D eigenvalue weighted by molar-refractivity contribution is 0.275. The highest BCUT2D eigenvalue weighted by Crippen LogP contribution is 2.27. The fourth-order valence-electron chi connectivity index (χ4n) is 2.86. The summed E-state index contributed by atoms with van der Waals surface area (Å²) < 4.78 is 33.2. The molecule has 2 heterocycles. The van der Waals surface area contributed by atoms with Crippen molar-refractivity contribution in [1.82, 2.24) is 5.01 Å². The number of nitrogens with zero attached hydrogens (tertiary/aromatic N) is 3. The van der Waals surface area contributed by atoms with E-state index in [1.54, 1.807) is 37.5 Å². The van der Waals surface area contributed by atoms with Crippen molar-refractivity contribution >= 4 is 34.7 Å². The van der Waals surface area contributed by atoms with Gasteiger partial charge < -0.3 is 9.68 Å². The lowest BCUT2D eigenvalue weighted by atomic mass is 9.79. The molecule has 2 aliphatic rings. The molecule has 0 radical (unpaired) electrons. The van der Waals surface area contributed by atoms with Crippen LogP contribution >= 0.6 is 0 Å². The second-order valence-corrected chi connectivity index (χ2v) is 7.35. The van der Waals surface area contributed by atoms with Gasteiger partial charge in [0.2, 0.25) is 0 Å². The zero-order chi connectivity index (χ0) is 17.6. The van der Waals surface area contributed by atoms with Crippen LogP contribution in [0.5, 0.6) is 0 Å². The normalized spacial score (nSPS) is 17.5. The van der Waals surface area contributed by atoms with E-state index < -0.39 is 17.1 Å². The van der Waals surface area contributed by atoms with Crippen molar-refractivity contribution in [3.8, 4) is 0 Å². The molecule has 2 aliphatic heterocycles. The topological polar surface area (TPSA) is 91.6 Å². The van der Waals surface area contributed by atoms with Gasteiger partial charge in [0.15, 0.2) is 5.84 Å². The van der Waals surface area contributed by atoms with Crippen LogP contribution in [0, 0.1) is 0 Å². The molecule has 0 aromatic heterocycles. The lowest BCUT2D eigenvalue weighted by Crippen LogP contribution is -2.27. The van der Waals surface area contributed by atoms with Crippen LogP contribution in [0.25, 0.3) is 0 Å². The van der Waals surface area contributed by atoms with E-state index in [0.717, 1.165) is 16.6 Å². The number of hydrogen-bond acceptors (Lipinski definition) is 6. The zero-order valence-corrected chi connectivity index (χ0v) is 14.1. The van der Waals surface area contributed by atoms with E-state index in [1.165, 1.54) is 11.1 Å². The third-order valence-electron chi connectivity index (χ3n) is 4.13. The minimum Gasteiger partial charge on any atom is -0.423 e. The summed E-state index contributed by atoms with van der Waals surface area (Å²) in [5.74, 6) is 0.284. The monoisotopic (exact) mass is 355 g/mol. The van der Waals surface area contributed by atoms with Crippen LogP contribution in [0.1, 0.15) is 16.7 Å². The van der Waals surface area contributed by atoms with Crippen LogP contribution in [0.2, 0.25) is 0 Å². The first kappa shape index (κ1) is 16.0. The van der Waals surface area contributed by atoms with Crippen molar-refractivity contribution in [2.24, 2.45) is 9.50 Å². The quantitative estimate of drug-likeness (QED) is 0.476. The highest BCUT2D eigenvalue weighted by atomic mass is 32.2. The Kier molecular flexibility index (Phi) is 3.71. The van der Waals surface area contributed by atoms with Gasteiger partial charge in [-0.1, -0.05) is 24.3 Å². The smallest absolute Gasteiger partial charge is 0.423 e. The second kappa shape index (κ2) is 5.80. The average Bonchev–Trinajstić information content (AvgIpc) is 3.11. The largest absolute Gasteiger partial charge is 0.491 e. The Bertz CT molecular complexity index is 1020. The summed E-state index contributed by atoms with van der Waals surface area (Å²) in [6, 6.07) is 12.2. The fraction of sp³-hybridized carbons (Fsp3) is 0.125. The summed E-state index contributed by atoms with van der Waals surface area (Å²) in [4.78, 5) is 0.190. The Morgan fingerprint density at radius 3 is 2.96 bits per heavy atom. The van der Waals surface area contributed by atoms with Crippen molar-refractivity contribution < 1.29 is 18.1 Å². The van der Waals surface area contributed by atoms with Gasteiger partial charge in [0.25, 0.3) is 10.0 Å². The van der Waals surface area contributed by atoms with Crippen molar-refractivity contribution in [3.63, 3.8) is 0 Å². The molecular formula is C16H14BN3O4S. The van der Waals surface area contributed by atoms with E-state index in [1.807, 2.05) is 12.1 Å². The Morgan fingerprint density at radius 2 is 2.12 bits per heavy atom.